The van der Waals surface area contributed by atoms with Gasteiger partial charge in [-0.05, 0) is 45.5 Å². The van der Waals surface area contributed by atoms with Crippen LogP contribution >= 0.6 is 46.6 Å². The van der Waals surface area contributed by atoms with Gasteiger partial charge >= 0.3 is 0 Å². The molecule has 1 heterocycles. The maximum Gasteiger partial charge on any atom is 0.0642 e. The lowest BCUT2D eigenvalue weighted by Gasteiger charge is -2.02. The van der Waals surface area contributed by atoms with Crippen molar-refractivity contribution in [2.75, 3.05) is 5.73 Å². The molecule has 4 heteroatoms. The quantitative estimate of drug-likeness (QED) is 0.435. The van der Waals surface area contributed by atoms with E-state index in [2.05, 4.69) is 41.3 Å². The van der Waals surface area contributed by atoms with E-state index in [0.717, 1.165) is 18.9 Å². The molecule has 0 radical (unpaired) electrons. The Labute approximate surface area is 93.5 Å². The third-order valence-electron chi connectivity index (χ3n) is 1.69. The Kier molecular flexibility index (Phi) is 2.22. The van der Waals surface area contributed by atoms with E-state index < -0.39 is 0 Å². The van der Waals surface area contributed by atoms with Gasteiger partial charge in [-0.15, -0.1) is 24.0 Å². The smallest absolute Gasteiger partial charge is 0.0642 e. The Morgan fingerprint density at radius 3 is 3.00 bits per heavy atom. The van der Waals surface area contributed by atoms with Gasteiger partial charge in [-0.2, -0.15) is 0 Å². The maximum absolute atomic E-state index is 5.92. The van der Waals surface area contributed by atoms with Gasteiger partial charge in [-0.25, -0.2) is 0 Å². The van der Waals surface area contributed by atoms with Crippen LogP contribution in [0, 0.1) is 3.57 Å². The molecule has 0 spiro atoms. The van der Waals surface area contributed by atoms with Crippen LogP contribution in [0.2, 0.25) is 0 Å². The van der Waals surface area contributed by atoms with E-state index in [9.17, 15) is 0 Å². The van der Waals surface area contributed by atoms with E-state index in [-0.39, 0.29) is 0 Å². The summed E-state index contributed by atoms with van der Waals surface area (Å²) in [4.78, 5) is 0.957. The minimum absolute atomic E-state index is 0.855. The predicted octanol–water partition coefficient (Wildman–Crippen LogP) is 3.38. The molecule has 2 N–H and O–H groups in total. The third-order valence-corrected chi connectivity index (χ3v) is 4.60. The number of anilines is 1. The first-order chi connectivity index (χ1) is 5.70. The zero-order valence-corrected chi connectivity index (χ0v) is 9.91. The average Bonchev–Trinajstić information content (AvgIpc) is 2.48. The highest BCUT2D eigenvalue weighted by Crippen LogP contribution is 2.34. The molecular formula is C8H6INS2. The van der Waals surface area contributed by atoms with E-state index in [1.807, 2.05) is 11.4 Å². The molecule has 0 aliphatic carbocycles. The molecule has 0 fully saturated rings. The van der Waals surface area contributed by atoms with Gasteiger partial charge in [0.05, 0.1) is 14.0 Å². The molecule has 1 aromatic heterocycles. The molecule has 0 saturated carbocycles. The number of hydrogen-bond acceptors (Lipinski definition) is 3. The summed E-state index contributed by atoms with van der Waals surface area (Å²) in [5, 5.41) is 3.23. The Bertz CT molecular complexity index is 436. The van der Waals surface area contributed by atoms with Gasteiger partial charge in [0.2, 0.25) is 0 Å². The standard InChI is InChI=1S/C8H6INS2/c9-6-5(11)3-4-1-2-12-8(4)7(6)10/h1-3,11H,10H2. The van der Waals surface area contributed by atoms with Crippen molar-refractivity contribution in [3.05, 3.63) is 21.1 Å². The molecule has 2 aromatic rings. The fraction of sp³-hybridized carbons (Fsp3) is 0. The lowest BCUT2D eigenvalue weighted by atomic mass is 10.2. The SMILES string of the molecule is Nc1c(I)c(S)cc2ccsc12. The van der Waals surface area contributed by atoms with Gasteiger partial charge in [-0.3, -0.25) is 0 Å². The molecule has 0 aliphatic rings. The van der Waals surface area contributed by atoms with Crippen LogP contribution in [0.15, 0.2) is 22.4 Å². The van der Waals surface area contributed by atoms with Crippen molar-refractivity contribution in [1.29, 1.82) is 0 Å². The Hall–Kier alpha value is 0.0600. The fourth-order valence-corrected chi connectivity index (χ4v) is 2.81. The van der Waals surface area contributed by atoms with Crippen LogP contribution in [0.1, 0.15) is 0 Å². The zero-order valence-electron chi connectivity index (χ0n) is 6.04. The summed E-state index contributed by atoms with van der Waals surface area (Å²) < 4.78 is 2.21. The largest absolute Gasteiger partial charge is 0.397 e. The molecule has 1 aromatic carbocycles. The number of fused-ring (bicyclic) bond motifs is 1. The monoisotopic (exact) mass is 307 g/mol. The lowest BCUT2D eigenvalue weighted by molar-refractivity contribution is 1.47. The van der Waals surface area contributed by atoms with Gasteiger partial charge in [0, 0.05) is 4.90 Å². The highest BCUT2D eigenvalue weighted by Gasteiger charge is 2.06. The van der Waals surface area contributed by atoms with Crippen LogP contribution in [0.3, 0.4) is 0 Å². The van der Waals surface area contributed by atoms with E-state index in [1.165, 1.54) is 5.39 Å². The number of nitrogen functional groups attached to an aromatic ring is 1. The van der Waals surface area contributed by atoms with Crippen molar-refractivity contribution in [2.45, 2.75) is 4.90 Å². The first-order valence-electron chi connectivity index (χ1n) is 3.34. The van der Waals surface area contributed by atoms with E-state index in [0.29, 0.717) is 0 Å². The molecule has 2 rings (SSSR count). The van der Waals surface area contributed by atoms with Crippen molar-refractivity contribution < 1.29 is 0 Å². The minimum Gasteiger partial charge on any atom is -0.397 e. The molecule has 12 heavy (non-hydrogen) atoms. The number of benzene rings is 1. The van der Waals surface area contributed by atoms with E-state index in [4.69, 9.17) is 5.73 Å². The van der Waals surface area contributed by atoms with Crippen molar-refractivity contribution in [3.63, 3.8) is 0 Å². The second-order valence-electron chi connectivity index (χ2n) is 2.46. The molecule has 1 nitrogen and oxygen atoms in total. The number of thiol groups is 1. The van der Waals surface area contributed by atoms with Crippen LogP contribution in [-0.4, -0.2) is 0 Å². The van der Waals surface area contributed by atoms with Crippen LogP contribution in [0.4, 0.5) is 5.69 Å². The molecule has 0 aliphatic heterocycles. The normalized spacial score (nSPS) is 10.8. The molecular weight excluding hydrogens is 301 g/mol. The lowest BCUT2D eigenvalue weighted by Crippen LogP contribution is -1.90. The number of thiophene rings is 1. The number of nitrogens with two attached hydrogens (primary N) is 1. The topological polar surface area (TPSA) is 26.0 Å². The first-order valence-corrected chi connectivity index (χ1v) is 5.75. The summed E-state index contributed by atoms with van der Waals surface area (Å²) in [5.74, 6) is 0. The summed E-state index contributed by atoms with van der Waals surface area (Å²) in [6.45, 7) is 0. The minimum atomic E-state index is 0.855. The van der Waals surface area contributed by atoms with Gasteiger partial charge in [0.25, 0.3) is 0 Å². The summed E-state index contributed by atoms with van der Waals surface area (Å²) in [7, 11) is 0. The van der Waals surface area contributed by atoms with Crippen LogP contribution < -0.4 is 5.73 Å². The van der Waals surface area contributed by atoms with Crippen molar-refractivity contribution >= 4 is 62.3 Å². The molecule has 0 unspecified atom stereocenters. The van der Waals surface area contributed by atoms with Crippen molar-refractivity contribution in [1.82, 2.24) is 0 Å². The maximum atomic E-state index is 5.92. The molecule has 0 saturated heterocycles. The number of halogens is 1. The van der Waals surface area contributed by atoms with Crippen molar-refractivity contribution in [2.24, 2.45) is 0 Å². The van der Waals surface area contributed by atoms with E-state index >= 15 is 0 Å². The highest BCUT2D eigenvalue weighted by molar-refractivity contribution is 14.1. The van der Waals surface area contributed by atoms with Gasteiger partial charge in [-0.1, -0.05) is 0 Å². The molecule has 62 valence electrons. The van der Waals surface area contributed by atoms with Crippen LogP contribution in [0.25, 0.3) is 10.1 Å². The summed E-state index contributed by atoms with van der Waals surface area (Å²) in [6.07, 6.45) is 0. The average molecular weight is 307 g/mol. The molecule has 0 bridgehead atoms. The second kappa shape index (κ2) is 3.08. The van der Waals surface area contributed by atoms with Gasteiger partial charge in [0.1, 0.15) is 0 Å². The fourth-order valence-electron chi connectivity index (χ4n) is 1.10. The molecule has 0 atom stereocenters. The van der Waals surface area contributed by atoms with Gasteiger partial charge in [0.15, 0.2) is 0 Å². The van der Waals surface area contributed by atoms with E-state index in [1.54, 1.807) is 11.3 Å². The number of hydrogen-bond donors (Lipinski definition) is 2. The first kappa shape index (κ1) is 8.65. The number of rotatable bonds is 0. The van der Waals surface area contributed by atoms with Crippen LogP contribution in [0.5, 0.6) is 0 Å². The van der Waals surface area contributed by atoms with Gasteiger partial charge < -0.3 is 5.73 Å². The van der Waals surface area contributed by atoms with Crippen molar-refractivity contribution in [3.8, 4) is 0 Å². The summed E-state index contributed by atoms with van der Waals surface area (Å²) in [5.41, 5.74) is 6.77. The summed E-state index contributed by atoms with van der Waals surface area (Å²) in [6, 6.07) is 4.11. The Morgan fingerprint density at radius 2 is 2.25 bits per heavy atom. The third kappa shape index (κ3) is 1.22. The predicted molar refractivity (Wildman–Crippen MR) is 66.2 cm³/mol. The second-order valence-corrected chi connectivity index (χ2v) is 4.94. The Morgan fingerprint density at radius 1 is 1.50 bits per heavy atom. The summed E-state index contributed by atoms with van der Waals surface area (Å²) >= 11 is 8.23. The highest BCUT2D eigenvalue weighted by atomic mass is 127. The zero-order chi connectivity index (χ0) is 8.72. The molecule has 0 amide bonds. The Balaban J connectivity index is 2.94. The van der Waals surface area contributed by atoms with Crippen LogP contribution in [-0.2, 0) is 0 Å².